The Morgan fingerprint density at radius 3 is 2.71 bits per heavy atom. The van der Waals surface area contributed by atoms with Gasteiger partial charge in [-0.15, -0.1) is 0 Å². The van der Waals surface area contributed by atoms with E-state index in [1.165, 1.54) is 0 Å². The number of halogens is 1. The lowest BCUT2D eigenvalue weighted by atomic mass is 9.83. The zero-order valence-electron chi connectivity index (χ0n) is 16.4. The van der Waals surface area contributed by atoms with Crippen LogP contribution in [0, 0.1) is 5.92 Å². The summed E-state index contributed by atoms with van der Waals surface area (Å²) >= 11 is 0. The maximum absolute atomic E-state index is 13.9. The van der Waals surface area contributed by atoms with Crippen LogP contribution in [0.1, 0.15) is 40.0 Å². The molecule has 0 radical (unpaired) electrons. The molecule has 6 nitrogen and oxygen atoms in total. The van der Waals surface area contributed by atoms with Gasteiger partial charge in [0.25, 0.3) is 0 Å². The number of hydrazine groups is 1. The Balaban J connectivity index is 1.69. The number of hydrogen-bond donors (Lipinski definition) is 3. The highest BCUT2D eigenvalue weighted by molar-refractivity contribution is 7.92. The second-order valence-corrected chi connectivity index (χ2v) is 11.4. The number of benzene rings is 1. The first-order chi connectivity index (χ1) is 13.2. The quantitative estimate of drug-likeness (QED) is 0.726. The first-order valence-corrected chi connectivity index (χ1v) is 11.2. The summed E-state index contributed by atoms with van der Waals surface area (Å²) in [6.45, 7) is 5.08. The van der Waals surface area contributed by atoms with Gasteiger partial charge in [0.15, 0.2) is 9.84 Å². The van der Waals surface area contributed by atoms with Crippen molar-refractivity contribution in [1.82, 2.24) is 15.8 Å². The molecule has 1 aliphatic carbocycles. The van der Waals surface area contributed by atoms with Crippen molar-refractivity contribution in [1.29, 1.82) is 0 Å². The molecule has 1 saturated heterocycles. The fourth-order valence-corrected chi connectivity index (χ4v) is 5.31. The van der Waals surface area contributed by atoms with Crippen molar-refractivity contribution in [3.05, 3.63) is 30.5 Å². The molecule has 4 unspecified atom stereocenters. The zero-order valence-corrected chi connectivity index (χ0v) is 17.2. The third-order valence-electron chi connectivity index (χ3n) is 5.83. The van der Waals surface area contributed by atoms with Crippen LogP contribution in [0.4, 0.5) is 10.1 Å². The van der Waals surface area contributed by atoms with Gasteiger partial charge in [-0.3, -0.25) is 10.4 Å². The molecule has 8 heteroatoms. The molecule has 1 saturated carbocycles. The van der Waals surface area contributed by atoms with E-state index in [-0.39, 0.29) is 23.0 Å². The lowest BCUT2D eigenvalue weighted by Crippen LogP contribution is -2.39. The Kier molecular flexibility index (Phi) is 4.84. The molecular formula is C20H27FN4O2S. The van der Waals surface area contributed by atoms with Gasteiger partial charge < -0.3 is 5.32 Å². The zero-order chi connectivity index (χ0) is 20.1. The minimum atomic E-state index is -3.47. The fraction of sp³-hybridized carbons (Fsp3) is 0.550. The summed E-state index contributed by atoms with van der Waals surface area (Å²) < 4.78 is 38.8. The molecule has 2 aliphatic rings. The number of nitrogens with one attached hydrogen (secondary N) is 3. The molecule has 4 atom stereocenters. The fourth-order valence-electron chi connectivity index (χ4n) is 4.09. The average Bonchev–Trinajstić information content (AvgIpc) is 3.02. The third-order valence-corrected chi connectivity index (χ3v) is 8.32. The molecule has 2 aromatic rings. The second kappa shape index (κ2) is 6.93. The monoisotopic (exact) mass is 406 g/mol. The smallest absolute Gasteiger partial charge is 0.183 e. The van der Waals surface area contributed by atoms with E-state index in [4.69, 9.17) is 0 Å². The van der Waals surface area contributed by atoms with Crippen LogP contribution < -0.4 is 16.2 Å². The van der Waals surface area contributed by atoms with E-state index in [2.05, 4.69) is 21.2 Å². The summed E-state index contributed by atoms with van der Waals surface area (Å²) in [5.74, 6) is 0.133. The number of hydrogen-bond acceptors (Lipinski definition) is 6. The molecule has 1 aromatic heterocycles. The van der Waals surface area contributed by atoms with E-state index >= 15 is 0 Å². The van der Waals surface area contributed by atoms with Gasteiger partial charge in [0.2, 0.25) is 0 Å². The molecule has 28 heavy (non-hydrogen) atoms. The summed E-state index contributed by atoms with van der Waals surface area (Å²) in [4.78, 5) is 4.64. The Morgan fingerprint density at radius 2 is 1.96 bits per heavy atom. The average molecular weight is 407 g/mol. The number of nitrogens with zero attached hydrogens (tertiary/aromatic N) is 1. The number of anilines is 1. The lowest BCUT2D eigenvalue weighted by molar-refractivity contribution is 0.181. The van der Waals surface area contributed by atoms with Gasteiger partial charge in [-0.05, 0) is 64.3 Å². The SMILES string of the molecule is CC(C)(C)S(=O)(=O)c1ccc2nccc(NC3NNC4CCC(F)CC43)c2c1. The molecule has 0 bridgehead atoms. The number of sulfone groups is 1. The van der Waals surface area contributed by atoms with E-state index in [9.17, 15) is 12.8 Å². The van der Waals surface area contributed by atoms with Crippen LogP contribution >= 0.6 is 0 Å². The van der Waals surface area contributed by atoms with Crippen molar-refractivity contribution in [3.63, 3.8) is 0 Å². The van der Waals surface area contributed by atoms with E-state index in [0.29, 0.717) is 18.4 Å². The Labute approximate surface area is 165 Å². The highest BCUT2D eigenvalue weighted by Crippen LogP contribution is 2.34. The van der Waals surface area contributed by atoms with Crippen LogP contribution in [0.25, 0.3) is 10.9 Å². The van der Waals surface area contributed by atoms with Crippen molar-refractivity contribution < 1.29 is 12.8 Å². The summed E-state index contributed by atoms with van der Waals surface area (Å²) in [7, 11) is -3.47. The van der Waals surface area contributed by atoms with Crippen LogP contribution in [0.2, 0.25) is 0 Å². The minimum Gasteiger partial charge on any atom is -0.368 e. The molecule has 1 aliphatic heterocycles. The predicted molar refractivity (Wildman–Crippen MR) is 108 cm³/mol. The summed E-state index contributed by atoms with van der Waals surface area (Å²) in [5.41, 5.74) is 8.00. The number of alkyl halides is 1. The third kappa shape index (κ3) is 3.38. The number of rotatable bonds is 3. The maximum Gasteiger partial charge on any atom is 0.183 e. The van der Waals surface area contributed by atoms with Crippen molar-refractivity contribution in [2.24, 2.45) is 5.92 Å². The molecule has 0 spiro atoms. The van der Waals surface area contributed by atoms with E-state index < -0.39 is 20.8 Å². The van der Waals surface area contributed by atoms with E-state index in [1.807, 2.05) is 6.07 Å². The maximum atomic E-state index is 13.9. The van der Waals surface area contributed by atoms with Gasteiger partial charge in [-0.25, -0.2) is 18.2 Å². The Morgan fingerprint density at radius 1 is 1.18 bits per heavy atom. The van der Waals surface area contributed by atoms with Crippen LogP contribution in [0.3, 0.4) is 0 Å². The lowest BCUT2D eigenvalue weighted by Gasteiger charge is -2.30. The normalized spacial score (nSPS) is 28.3. The molecule has 152 valence electrons. The Hall–Kier alpha value is -1.77. The van der Waals surface area contributed by atoms with Crippen molar-refractivity contribution in [2.45, 2.75) is 68.1 Å². The predicted octanol–water partition coefficient (Wildman–Crippen LogP) is 3.16. The van der Waals surface area contributed by atoms with Crippen LogP contribution in [0.5, 0.6) is 0 Å². The van der Waals surface area contributed by atoms with E-state index in [1.54, 1.807) is 45.2 Å². The van der Waals surface area contributed by atoms with Crippen LogP contribution in [-0.4, -0.2) is 36.5 Å². The largest absolute Gasteiger partial charge is 0.368 e. The van der Waals surface area contributed by atoms with Gasteiger partial charge in [0.05, 0.1) is 21.3 Å². The van der Waals surface area contributed by atoms with Crippen LogP contribution in [-0.2, 0) is 9.84 Å². The molecule has 4 rings (SSSR count). The second-order valence-electron chi connectivity index (χ2n) is 8.74. The van der Waals surface area contributed by atoms with Gasteiger partial charge in [-0.1, -0.05) is 0 Å². The Bertz CT molecular complexity index is 989. The number of pyridine rings is 1. The molecule has 1 aromatic carbocycles. The van der Waals surface area contributed by atoms with Gasteiger partial charge in [-0.2, -0.15) is 0 Å². The van der Waals surface area contributed by atoms with Gasteiger partial charge in [0.1, 0.15) is 6.17 Å². The summed E-state index contributed by atoms with van der Waals surface area (Å²) in [6.07, 6.45) is 2.70. The minimum absolute atomic E-state index is 0.128. The first kappa shape index (κ1) is 19.5. The van der Waals surface area contributed by atoms with E-state index in [0.717, 1.165) is 17.5 Å². The molecule has 3 N–H and O–H groups in total. The standard InChI is InChI=1S/C20H27FN4O2S/c1-20(2,3)28(26,27)13-5-7-16-14(11-13)17(8-9-22-16)23-19-15-10-12(21)4-6-18(15)24-25-19/h5,7-9,11-12,15,18-19,24-25H,4,6,10H2,1-3H3,(H,22,23). The highest BCUT2D eigenvalue weighted by atomic mass is 32.2. The number of fused-ring (bicyclic) bond motifs is 2. The molecular weight excluding hydrogens is 379 g/mol. The van der Waals surface area contributed by atoms with Gasteiger partial charge >= 0.3 is 0 Å². The number of aromatic nitrogens is 1. The van der Waals surface area contributed by atoms with Gasteiger partial charge in [0, 0.05) is 29.2 Å². The molecule has 2 heterocycles. The topological polar surface area (TPSA) is 83.1 Å². The summed E-state index contributed by atoms with van der Waals surface area (Å²) in [6, 6.07) is 7.11. The molecule has 0 amide bonds. The molecule has 2 fully saturated rings. The summed E-state index contributed by atoms with van der Waals surface area (Å²) in [5, 5.41) is 4.19. The van der Waals surface area contributed by atoms with Crippen molar-refractivity contribution in [2.75, 3.05) is 5.32 Å². The van der Waals surface area contributed by atoms with Crippen molar-refractivity contribution >= 4 is 26.4 Å². The van der Waals surface area contributed by atoms with Crippen LogP contribution in [0.15, 0.2) is 35.4 Å². The first-order valence-electron chi connectivity index (χ1n) is 9.72. The van der Waals surface area contributed by atoms with Crippen molar-refractivity contribution in [3.8, 4) is 0 Å². The highest BCUT2D eigenvalue weighted by Gasteiger charge is 2.40.